The number of hydrogen-bond acceptors (Lipinski definition) is 3. The van der Waals surface area contributed by atoms with Gasteiger partial charge in [0.05, 0.1) is 7.11 Å². The zero-order valence-electron chi connectivity index (χ0n) is 8.79. The van der Waals surface area contributed by atoms with Crippen LogP contribution in [0.3, 0.4) is 0 Å². The quantitative estimate of drug-likeness (QED) is 0.840. The van der Waals surface area contributed by atoms with E-state index in [1.54, 1.807) is 13.3 Å². The van der Waals surface area contributed by atoms with Crippen molar-refractivity contribution in [2.45, 2.75) is 18.8 Å². The van der Waals surface area contributed by atoms with Crippen LogP contribution in [0, 0.1) is 0 Å². The molecule has 0 radical (unpaired) electrons. The molecule has 0 atom stereocenters. The van der Waals surface area contributed by atoms with Gasteiger partial charge in [-0.25, -0.2) is 0 Å². The normalized spacial score (nSPS) is 17.7. The molecule has 1 aliphatic rings. The van der Waals surface area contributed by atoms with E-state index in [-0.39, 0.29) is 0 Å². The highest BCUT2D eigenvalue weighted by atomic mass is 35.5. The first kappa shape index (κ1) is 10.7. The monoisotopic (exact) mass is 226 g/mol. The van der Waals surface area contributed by atoms with Gasteiger partial charge in [0, 0.05) is 23.9 Å². The van der Waals surface area contributed by atoms with Crippen molar-refractivity contribution in [1.82, 2.24) is 10.3 Å². The Morgan fingerprint density at radius 1 is 1.47 bits per heavy atom. The van der Waals surface area contributed by atoms with E-state index in [1.165, 1.54) is 0 Å². The Labute approximate surface area is 94.8 Å². The number of nitrogens with one attached hydrogen (secondary N) is 1. The lowest BCUT2D eigenvalue weighted by Gasteiger charge is -2.22. The van der Waals surface area contributed by atoms with Gasteiger partial charge in [-0.15, -0.1) is 0 Å². The minimum absolute atomic E-state index is 0.539. The average molecular weight is 227 g/mol. The summed E-state index contributed by atoms with van der Waals surface area (Å²) in [6, 6.07) is 1.96. The Morgan fingerprint density at radius 3 is 2.87 bits per heavy atom. The van der Waals surface area contributed by atoms with Crippen molar-refractivity contribution >= 4 is 11.6 Å². The number of piperidine rings is 1. The molecular weight excluding hydrogens is 212 g/mol. The Morgan fingerprint density at radius 2 is 2.20 bits per heavy atom. The van der Waals surface area contributed by atoms with Crippen LogP contribution in [0.2, 0.25) is 5.02 Å². The highest BCUT2D eigenvalue weighted by Crippen LogP contribution is 2.30. The second kappa shape index (κ2) is 4.81. The number of nitrogens with zero attached hydrogens (tertiary/aromatic N) is 1. The molecule has 0 aromatic carbocycles. The van der Waals surface area contributed by atoms with Crippen molar-refractivity contribution in [2.24, 2.45) is 0 Å². The summed E-state index contributed by atoms with van der Waals surface area (Å²) in [5, 5.41) is 3.92. The van der Waals surface area contributed by atoms with Gasteiger partial charge < -0.3 is 10.1 Å². The molecule has 0 aliphatic carbocycles. The summed E-state index contributed by atoms with van der Waals surface area (Å²) in [5.41, 5.74) is 1.10. The number of halogens is 1. The van der Waals surface area contributed by atoms with Crippen LogP contribution in [0.5, 0.6) is 5.75 Å². The van der Waals surface area contributed by atoms with E-state index in [0.29, 0.717) is 10.9 Å². The predicted molar refractivity (Wildman–Crippen MR) is 60.6 cm³/mol. The van der Waals surface area contributed by atoms with Crippen molar-refractivity contribution in [2.75, 3.05) is 20.2 Å². The molecule has 0 unspecified atom stereocenters. The zero-order chi connectivity index (χ0) is 10.7. The Hall–Kier alpha value is -0.800. The topological polar surface area (TPSA) is 34.1 Å². The molecule has 15 heavy (non-hydrogen) atoms. The molecule has 1 aliphatic heterocycles. The van der Waals surface area contributed by atoms with Crippen molar-refractivity contribution < 1.29 is 4.74 Å². The van der Waals surface area contributed by atoms with Gasteiger partial charge in [-0.1, -0.05) is 11.6 Å². The highest BCUT2D eigenvalue weighted by Gasteiger charge is 2.17. The molecule has 0 spiro atoms. The number of ether oxygens (including phenoxy) is 1. The standard InChI is InChI=1S/C11H15ClN2O/c1-15-11-6-10(14-7-9(11)12)8-2-4-13-5-3-8/h6-8,13H,2-5H2,1H3. The second-order valence-corrected chi connectivity index (χ2v) is 4.18. The van der Waals surface area contributed by atoms with Crippen LogP contribution in [0.25, 0.3) is 0 Å². The van der Waals surface area contributed by atoms with E-state index >= 15 is 0 Å². The summed E-state index contributed by atoms with van der Waals surface area (Å²) in [7, 11) is 1.63. The first-order valence-electron chi connectivity index (χ1n) is 5.21. The zero-order valence-corrected chi connectivity index (χ0v) is 9.55. The highest BCUT2D eigenvalue weighted by molar-refractivity contribution is 6.31. The number of methoxy groups -OCH3 is 1. The van der Waals surface area contributed by atoms with Gasteiger partial charge in [0.15, 0.2) is 0 Å². The SMILES string of the molecule is COc1cc(C2CCNCC2)ncc1Cl. The molecule has 1 saturated heterocycles. The van der Waals surface area contributed by atoms with Gasteiger partial charge in [0.1, 0.15) is 10.8 Å². The summed E-state index contributed by atoms with van der Waals surface area (Å²) in [6.45, 7) is 2.13. The lowest BCUT2D eigenvalue weighted by molar-refractivity contribution is 0.409. The van der Waals surface area contributed by atoms with Gasteiger partial charge in [-0.2, -0.15) is 0 Å². The van der Waals surface area contributed by atoms with Crippen molar-refractivity contribution in [1.29, 1.82) is 0 Å². The maximum absolute atomic E-state index is 5.94. The van der Waals surface area contributed by atoms with Crippen LogP contribution in [-0.2, 0) is 0 Å². The third-order valence-corrected chi connectivity index (χ3v) is 3.10. The summed E-state index contributed by atoms with van der Waals surface area (Å²) in [6.07, 6.45) is 3.95. The third-order valence-electron chi connectivity index (χ3n) is 2.82. The Kier molecular flexibility index (Phi) is 3.44. The molecule has 3 nitrogen and oxygen atoms in total. The molecule has 82 valence electrons. The minimum Gasteiger partial charge on any atom is -0.495 e. The molecule has 4 heteroatoms. The van der Waals surface area contributed by atoms with Crippen LogP contribution in [0.4, 0.5) is 0 Å². The van der Waals surface area contributed by atoms with Gasteiger partial charge in [-0.3, -0.25) is 4.98 Å². The Balaban J connectivity index is 2.20. The summed E-state index contributed by atoms with van der Waals surface area (Å²) >= 11 is 5.94. The van der Waals surface area contributed by atoms with Crippen LogP contribution in [-0.4, -0.2) is 25.2 Å². The molecule has 0 amide bonds. The van der Waals surface area contributed by atoms with Gasteiger partial charge in [0.25, 0.3) is 0 Å². The predicted octanol–water partition coefficient (Wildman–Crippen LogP) is 2.21. The fourth-order valence-electron chi connectivity index (χ4n) is 1.93. The molecule has 1 aromatic heterocycles. The van der Waals surface area contributed by atoms with Gasteiger partial charge >= 0.3 is 0 Å². The van der Waals surface area contributed by atoms with Crippen molar-refractivity contribution in [3.8, 4) is 5.75 Å². The number of aromatic nitrogens is 1. The van der Waals surface area contributed by atoms with E-state index in [0.717, 1.165) is 37.4 Å². The largest absolute Gasteiger partial charge is 0.495 e. The van der Waals surface area contributed by atoms with Gasteiger partial charge in [-0.05, 0) is 25.9 Å². The molecule has 1 N–H and O–H groups in total. The first-order chi connectivity index (χ1) is 7.31. The van der Waals surface area contributed by atoms with E-state index in [4.69, 9.17) is 16.3 Å². The lowest BCUT2D eigenvalue weighted by Crippen LogP contribution is -2.27. The third kappa shape index (κ3) is 2.41. The smallest absolute Gasteiger partial charge is 0.140 e. The van der Waals surface area contributed by atoms with Crippen LogP contribution >= 0.6 is 11.6 Å². The second-order valence-electron chi connectivity index (χ2n) is 3.77. The number of pyridine rings is 1. The Bertz CT molecular complexity index is 337. The first-order valence-corrected chi connectivity index (χ1v) is 5.59. The van der Waals surface area contributed by atoms with E-state index in [1.807, 2.05) is 6.07 Å². The fourth-order valence-corrected chi connectivity index (χ4v) is 2.11. The minimum atomic E-state index is 0.539. The van der Waals surface area contributed by atoms with Gasteiger partial charge in [0.2, 0.25) is 0 Å². The summed E-state index contributed by atoms with van der Waals surface area (Å²) in [4.78, 5) is 4.37. The van der Waals surface area contributed by atoms with E-state index in [2.05, 4.69) is 10.3 Å². The molecule has 1 fully saturated rings. The maximum atomic E-state index is 5.94. The molecule has 2 rings (SSSR count). The molecule has 2 heterocycles. The summed E-state index contributed by atoms with van der Waals surface area (Å²) in [5.74, 6) is 1.26. The number of rotatable bonds is 2. The fraction of sp³-hybridized carbons (Fsp3) is 0.545. The average Bonchev–Trinajstić information content (AvgIpc) is 2.31. The molecule has 0 bridgehead atoms. The molecule has 0 saturated carbocycles. The summed E-state index contributed by atoms with van der Waals surface area (Å²) < 4.78 is 5.19. The number of hydrogen-bond donors (Lipinski definition) is 1. The molecule has 1 aromatic rings. The molecular formula is C11H15ClN2O. The lowest BCUT2D eigenvalue weighted by atomic mass is 9.94. The van der Waals surface area contributed by atoms with Crippen LogP contribution in [0.1, 0.15) is 24.5 Å². The van der Waals surface area contributed by atoms with E-state index < -0.39 is 0 Å². The van der Waals surface area contributed by atoms with Crippen molar-refractivity contribution in [3.05, 3.63) is 23.0 Å². The van der Waals surface area contributed by atoms with Crippen molar-refractivity contribution in [3.63, 3.8) is 0 Å². The van der Waals surface area contributed by atoms with E-state index in [9.17, 15) is 0 Å². The van der Waals surface area contributed by atoms with Crippen LogP contribution < -0.4 is 10.1 Å². The van der Waals surface area contributed by atoms with Crippen LogP contribution in [0.15, 0.2) is 12.3 Å². The maximum Gasteiger partial charge on any atom is 0.140 e.